The lowest BCUT2D eigenvalue weighted by Crippen LogP contribution is -2.44. The highest BCUT2D eigenvalue weighted by Gasteiger charge is 2.29. The molecule has 19 nitrogen and oxygen atoms in total. The van der Waals surface area contributed by atoms with Crippen LogP contribution >= 0.6 is 0 Å². The topological polar surface area (TPSA) is 251 Å². The number of aryl methyl sites for hydroxylation is 1. The van der Waals surface area contributed by atoms with Crippen LogP contribution in [0.25, 0.3) is 22.7 Å². The number of benzene rings is 2. The van der Waals surface area contributed by atoms with Gasteiger partial charge in [0.05, 0.1) is 72.3 Å². The van der Waals surface area contributed by atoms with Crippen molar-refractivity contribution in [3.05, 3.63) is 101 Å². The molecule has 0 bridgehead atoms. The van der Waals surface area contributed by atoms with E-state index in [-0.39, 0.29) is 55.1 Å². The molecule has 3 aromatic heterocycles. The maximum Gasteiger partial charge on any atom is 0.274 e. The summed E-state index contributed by atoms with van der Waals surface area (Å²) in [6, 6.07) is 19.8. The van der Waals surface area contributed by atoms with Crippen LogP contribution < -0.4 is 26.7 Å². The molecule has 3 atom stereocenters. The van der Waals surface area contributed by atoms with Crippen molar-refractivity contribution in [1.82, 2.24) is 25.1 Å². The maximum atomic E-state index is 12.9. The Bertz CT molecular complexity index is 2310. The number of hydrogen-bond donors (Lipinski definition) is 4. The van der Waals surface area contributed by atoms with E-state index in [0.29, 0.717) is 101 Å². The first kappa shape index (κ1) is 51.1. The molecule has 0 fully saturated rings. The lowest BCUT2D eigenvalue weighted by Gasteiger charge is -2.22. The van der Waals surface area contributed by atoms with Gasteiger partial charge in [-0.2, -0.15) is 5.10 Å². The molecule has 0 radical (unpaired) electrons. The van der Waals surface area contributed by atoms with Crippen LogP contribution in [0.3, 0.4) is 0 Å². The molecule has 5 aromatic rings. The Balaban J connectivity index is 0.817. The summed E-state index contributed by atoms with van der Waals surface area (Å²) < 4.78 is 40.3. The summed E-state index contributed by atoms with van der Waals surface area (Å²) in [7, 11) is 1.54. The third-order valence-corrected chi connectivity index (χ3v) is 9.95. The molecule has 2 amide bonds. The molecule has 3 heterocycles. The number of aromatic nitrogens is 4. The van der Waals surface area contributed by atoms with E-state index >= 15 is 0 Å². The number of fused-ring (bicyclic) bond motifs is 1. The fourth-order valence-corrected chi connectivity index (χ4v) is 6.57. The predicted molar refractivity (Wildman–Crippen MR) is 244 cm³/mol. The van der Waals surface area contributed by atoms with E-state index in [1.54, 1.807) is 37.4 Å². The van der Waals surface area contributed by atoms with Crippen LogP contribution in [-0.4, -0.2) is 134 Å². The number of rotatable bonds is 31. The Morgan fingerprint density at radius 1 is 0.818 bits per heavy atom. The van der Waals surface area contributed by atoms with Gasteiger partial charge in [-0.3, -0.25) is 19.2 Å². The number of ether oxygens (including phenoxy) is 6. The van der Waals surface area contributed by atoms with Crippen LogP contribution in [0.2, 0.25) is 0 Å². The molecule has 5 N–H and O–H groups in total. The number of amides is 2. The first-order valence-corrected chi connectivity index (χ1v) is 22.0. The van der Waals surface area contributed by atoms with Gasteiger partial charge in [0, 0.05) is 43.7 Å². The van der Waals surface area contributed by atoms with E-state index in [1.807, 2.05) is 44.2 Å². The van der Waals surface area contributed by atoms with Crippen molar-refractivity contribution < 1.29 is 52.3 Å². The van der Waals surface area contributed by atoms with Gasteiger partial charge in [-0.15, -0.1) is 0 Å². The first-order chi connectivity index (χ1) is 32.0. The number of ketones is 1. The number of pyridine rings is 1. The number of nitrogens with two attached hydrogens (primary N) is 1. The number of hydrogen-bond acceptors (Lipinski definition) is 16. The maximum absolute atomic E-state index is 12.9. The van der Waals surface area contributed by atoms with E-state index in [1.165, 1.54) is 23.0 Å². The van der Waals surface area contributed by atoms with Gasteiger partial charge < -0.3 is 54.3 Å². The molecular weight excluding hydrogens is 855 g/mol. The minimum atomic E-state index is -1.35. The normalized spacial score (nSPS) is 12.8. The summed E-state index contributed by atoms with van der Waals surface area (Å²) in [6.07, 6.45) is 0.900. The molecule has 19 heteroatoms. The van der Waals surface area contributed by atoms with Crippen molar-refractivity contribution in [3.8, 4) is 17.3 Å². The molecular formula is C47H61N7O12. The van der Waals surface area contributed by atoms with Gasteiger partial charge in [0.2, 0.25) is 11.8 Å². The Morgan fingerprint density at radius 3 is 2.09 bits per heavy atom. The average molecular weight is 916 g/mol. The van der Waals surface area contributed by atoms with E-state index in [9.17, 15) is 24.3 Å². The van der Waals surface area contributed by atoms with Crippen molar-refractivity contribution in [2.24, 2.45) is 24.6 Å². The molecule has 2 aromatic carbocycles. The Kier molecular flexibility index (Phi) is 21.3. The Morgan fingerprint density at radius 2 is 1.47 bits per heavy atom. The second-order valence-corrected chi connectivity index (χ2v) is 15.7. The molecule has 0 unspecified atom stereocenters. The van der Waals surface area contributed by atoms with Crippen molar-refractivity contribution in [2.45, 2.75) is 45.3 Å². The molecule has 0 aliphatic carbocycles. The molecule has 0 aliphatic heterocycles. The van der Waals surface area contributed by atoms with Crippen LogP contribution in [0, 0.1) is 11.8 Å². The molecule has 0 saturated heterocycles. The molecule has 5 rings (SSSR count). The Labute approximate surface area is 383 Å². The number of Topliss-reactive ketones (excluding diaryl/α,β-unsaturated/α-hetero) is 1. The molecule has 66 heavy (non-hydrogen) atoms. The lowest BCUT2D eigenvalue weighted by molar-refractivity contribution is -0.134. The molecule has 0 aliphatic rings. The van der Waals surface area contributed by atoms with Gasteiger partial charge in [-0.1, -0.05) is 44.2 Å². The summed E-state index contributed by atoms with van der Waals surface area (Å²) in [5.41, 5.74) is 8.92. The van der Waals surface area contributed by atoms with Crippen LogP contribution in [0.1, 0.15) is 42.7 Å². The van der Waals surface area contributed by atoms with Crippen LogP contribution in [0.5, 0.6) is 5.75 Å². The van der Waals surface area contributed by atoms with Gasteiger partial charge >= 0.3 is 0 Å². The quantitative estimate of drug-likeness (QED) is 0.0465. The fraction of sp³-hybridized carbons (Fsp3) is 0.468. The highest BCUT2D eigenvalue weighted by atomic mass is 16.6. The van der Waals surface area contributed by atoms with Crippen molar-refractivity contribution in [2.75, 3.05) is 84.5 Å². The first-order valence-electron chi connectivity index (χ1n) is 22.0. The minimum Gasteiger partial charge on any atom is -0.490 e. The monoisotopic (exact) mass is 915 g/mol. The third kappa shape index (κ3) is 17.5. The summed E-state index contributed by atoms with van der Waals surface area (Å²) in [5.74, 6) is -0.743. The third-order valence-electron chi connectivity index (χ3n) is 9.95. The number of aliphatic hydroxyl groups is 1. The van der Waals surface area contributed by atoms with Crippen molar-refractivity contribution in [1.29, 1.82) is 0 Å². The van der Waals surface area contributed by atoms with Gasteiger partial charge in [0.15, 0.2) is 11.4 Å². The minimum absolute atomic E-state index is 0.0812. The predicted octanol–water partition coefficient (Wildman–Crippen LogP) is 3.37. The van der Waals surface area contributed by atoms with E-state index in [4.69, 9.17) is 38.6 Å². The number of nitrogens with zero attached hydrogens (tertiary/aromatic N) is 4. The van der Waals surface area contributed by atoms with Crippen LogP contribution in [-0.2, 0) is 46.7 Å². The standard InChI is InChI=1S/C47H61N7O12/c1-32(2)27-34(29-41(55)44(57)37(48)28-33-7-5-4-6-8-33)45(58)49-15-16-60-17-18-61-19-20-62-21-22-63-23-24-64-25-26-65-36-10-11-38(50-31-36)46(59)51-35-9-13-42-40(30-35)52-47(66-42)39-12-14-43(56)54(3)53-39/h4-14,30-32,34,37,44,57H,15-29,48H2,1-3H3,(H,49,58)(H,51,59)/t34-,37-,44+/m1/s1. The summed E-state index contributed by atoms with van der Waals surface area (Å²) >= 11 is 0. The zero-order valence-electron chi connectivity index (χ0n) is 37.7. The van der Waals surface area contributed by atoms with Crippen LogP contribution in [0.15, 0.2) is 88.2 Å². The molecule has 0 spiro atoms. The second kappa shape index (κ2) is 27.5. The lowest BCUT2D eigenvalue weighted by atomic mass is 9.88. The summed E-state index contributed by atoms with van der Waals surface area (Å²) in [4.78, 5) is 58.9. The van der Waals surface area contributed by atoms with E-state index < -0.39 is 29.8 Å². The number of carbonyl (C=O) groups excluding carboxylic acids is 3. The van der Waals surface area contributed by atoms with E-state index in [0.717, 1.165) is 5.56 Å². The van der Waals surface area contributed by atoms with Crippen molar-refractivity contribution in [3.63, 3.8) is 0 Å². The number of nitrogens with one attached hydrogen (secondary N) is 2. The zero-order valence-corrected chi connectivity index (χ0v) is 37.7. The zero-order chi connectivity index (χ0) is 47.1. The number of anilines is 1. The van der Waals surface area contributed by atoms with Gasteiger partial charge in [-0.25, -0.2) is 14.6 Å². The number of oxazole rings is 1. The van der Waals surface area contributed by atoms with Crippen molar-refractivity contribution >= 4 is 34.4 Å². The summed E-state index contributed by atoms with van der Waals surface area (Å²) in [6.45, 7) is 8.24. The largest absolute Gasteiger partial charge is 0.490 e. The highest BCUT2D eigenvalue weighted by Crippen LogP contribution is 2.25. The van der Waals surface area contributed by atoms with E-state index in [2.05, 4.69) is 25.7 Å². The molecule has 356 valence electrons. The smallest absolute Gasteiger partial charge is 0.274 e. The van der Waals surface area contributed by atoms with Gasteiger partial charge in [-0.05, 0) is 60.7 Å². The van der Waals surface area contributed by atoms with Gasteiger partial charge in [0.1, 0.15) is 35.4 Å². The van der Waals surface area contributed by atoms with Gasteiger partial charge in [0.25, 0.3) is 11.5 Å². The average Bonchev–Trinajstić information content (AvgIpc) is 3.74. The SMILES string of the molecule is CC(C)C[C@H](CC(=O)[C@@H](O)[C@H](N)Cc1ccccc1)C(=O)NCCOCCOCCOCCOCCOCCOc1ccc(C(=O)Nc2ccc3oc(-c4ccc(=O)n(C)n4)nc3c2)nc1. The number of aliphatic hydroxyl groups excluding tert-OH is 1. The highest BCUT2D eigenvalue weighted by molar-refractivity contribution is 6.03. The number of carbonyl (C=O) groups is 3. The molecule has 0 saturated carbocycles. The Hall–Kier alpha value is -5.93. The second-order valence-electron chi connectivity index (χ2n) is 15.7. The summed E-state index contributed by atoms with van der Waals surface area (Å²) in [5, 5.41) is 20.4. The fourth-order valence-electron chi connectivity index (χ4n) is 6.57. The van der Waals surface area contributed by atoms with Crippen LogP contribution in [0.4, 0.5) is 5.69 Å².